The van der Waals surface area contributed by atoms with Gasteiger partial charge in [-0.1, -0.05) is 13.0 Å². The molecular weight excluding hydrogens is 256 g/mol. The second kappa shape index (κ2) is 5.73. The highest BCUT2D eigenvalue weighted by Gasteiger charge is 2.20. The lowest BCUT2D eigenvalue weighted by Gasteiger charge is -2.09. The van der Waals surface area contributed by atoms with Crippen LogP contribution in [0.5, 0.6) is 0 Å². The molecule has 0 atom stereocenters. The third-order valence-electron chi connectivity index (χ3n) is 3.09. The van der Waals surface area contributed by atoms with Crippen LogP contribution in [0.1, 0.15) is 34.5 Å². The summed E-state index contributed by atoms with van der Waals surface area (Å²) in [4.78, 5) is 20.1. The summed E-state index contributed by atoms with van der Waals surface area (Å²) in [5.74, 6) is 0.565. The van der Waals surface area contributed by atoms with E-state index in [2.05, 4.69) is 14.7 Å². The van der Waals surface area contributed by atoms with E-state index in [-0.39, 0.29) is 5.69 Å². The molecule has 6 nitrogen and oxygen atoms in total. The van der Waals surface area contributed by atoms with Crippen LogP contribution in [0.4, 0.5) is 5.82 Å². The number of nitrogens with zero attached hydrogens (tertiary/aromatic N) is 3. The topological polar surface area (TPSA) is 83.0 Å². The number of nitrogen functional groups attached to an aromatic ring is 1. The van der Waals surface area contributed by atoms with Crippen LogP contribution >= 0.6 is 0 Å². The van der Waals surface area contributed by atoms with Gasteiger partial charge in [-0.05, 0) is 18.6 Å². The van der Waals surface area contributed by atoms with Crippen molar-refractivity contribution in [3.05, 3.63) is 41.1 Å². The molecule has 0 unspecified atom stereocenters. The van der Waals surface area contributed by atoms with Crippen LogP contribution in [0.2, 0.25) is 0 Å². The number of aryl methyl sites for hydroxylation is 2. The number of methoxy groups -OCH3 is 1. The van der Waals surface area contributed by atoms with Gasteiger partial charge in [0.2, 0.25) is 0 Å². The van der Waals surface area contributed by atoms with Gasteiger partial charge in [-0.25, -0.2) is 9.78 Å². The molecule has 6 heteroatoms. The van der Waals surface area contributed by atoms with Crippen molar-refractivity contribution < 1.29 is 9.53 Å². The molecule has 0 saturated heterocycles. The van der Waals surface area contributed by atoms with Crippen LogP contribution in [0.25, 0.3) is 0 Å². The van der Waals surface area contributed by atoms with Gasteiger partial charge in [-0.2, -0.15) is 0 Å². The lowest BCUT2D eigenvalue weighted by Crippen LogP contribution is -2.10. The maximum Gasteiger partial charge on any atom is 0.360 e. The molecule has 0 aliphatic rings. The van der Waals surface area contributed by atoms with Gasteiger partial charge in [0, 0.05) is 18.3 Å². The number of pyridine rings is 1. The predicted octanol–water partition coefficient (Wildman–Crippen LogP) is 1.57. The number of imidazole rings is 1. The molecule has 0 aromatic carbocycles. The molecule has 0 aliphatic heterocycles. The van der Waals surface area contributed by atoms with E-state index in [1.807, 2.05) is 30.5 Å². The van der Waals surface area contributed by atoms with E-state index >= 15 is 0 Å². The van der Waals surface area contributed by atoms with Crippen molar-refractivity contribution in [2.75, 3.05) is 12.8 Å². The van der Waals surface area contributed by atoms with Crippen LogP contribution in [-0.2, 0) is 17.7 Å². The Morgan fingerprint density at radius 2 is 2.20 bits per heavy atom. The first-order valence-electron chi connectivity index (χ1n) is 6.41. The second-order valence-corrected chi connectivity index (χ2v) is 4.50. The minimum absolute atomic E-state index is 0.171. The first-order chi connectivity index (χ1) is 9.56. The van der Waals surface area contributed by atoms with E-state index in [1.54, 1.807) is 6.20 Å². The van der Waals surface area contributed by atoms with Crippen LogP contribution in [0.3, 0.4) is 0 Å². The summed E-state index contributed by atoms with van der Waals surface area (Å²) in [6, 6.07) is 3.92. The van der Waals surface area contributed by atoms with Gasteiger partial charge in [0.15, 0.2) is 5.69 Å². The Morgan fingerprint density at radius 3 is 2.75 bits per heavy atom. The van der Waals surface area contributed by atoms with Crippen molar-refractivity contribution in [1.29, 1.82) is 0 Å². The van der Waals surface area contributed by atoms with E-state index in [1.165, 1.54) is 7.11 Å². The van der Waals surface area contributed by atoms with Crippen molar-refractivity contribution in [3.8, 4) is 0 Å². The zero-order valence-electron chi connectivity index (χ0n) is 11.9. The molecule has 2 rings (SSSR count). The molecule has 0 bridgehead atoms. The third-order valence-corrected chi connectivity index (χ3v) is 3.09. The summed E-state index contributed by atoms with van der Waals surface area (Å²) in [5.41, 5.74) is 8.15. The lowest BCUT2D eigenvalue weighted by atomic mass is 10.2. The summed E-state index contributed by atoms with van der Waals surface area (Å²) in [7, 11) is 1.32. The summed E-state index contributed by atoms with van der Waals surface area (Å²) < 4.78 is 6.51. The van der Waals surface area contributed by atoms with Gasteiger partial charge in [0.1, 0.15) is 11.6 Å². The van der Waals surface area contributed by atoms with Crippen molar-refractivity contribution >= 4 is 11.8 Å². The number of esters is 1. The van der Waals surface area contributed by atoms with Gasteiger partial charge in [-0.15, -0.1) is 0 Å². The van der Waals surface area contributed by atoms with Crippen LogP contribution < -0.4 is 5.73 Å². The fourth-order valence-corrected chi connectivity index (χ4v) is 1.98. The normalized spacial score (nSPS) is 10.6. The molecule has 2 N–H and O–H groups in total. The van der Waals surface area contributed by atoms with Crippen LogP contribution in [0.15, 0.2) is 18.3 Å². The molecule has 2 heterocycles. The molecule has 2 aromatic rings. The number of carbonyl (C=O) groups excluding carboxylic acids is 1. The largest absolute Gasteiger partial charge is 0.464 e. The maximum atomic E-state index is 11.6. The number of hydrogen-bond acceptors (Lipinski definition) is 5. The van der Waals surface area contributed by atoms with Crippen molar-refractivity contribution in [1.82, 2.24) is 14.5 Å². The standard InChI is InChI=1S/C14H18N4O2/c1-4-11-17-12(14(19)20-3)13(15)18(11)8-10-6-5-9(2)16-7-10/h5-7H,4,8,15H2,1-3H3. The van der Waals surface area contributed by atoms with E-state index in [4.69, 9.17) is 5.73 Å². The lowest BCUT2D eigenvalue weighted by molar-refractivity contribution is 0.0595. The summed E-state index contributed by atoms with van der Waals surface area (Å²) >= 11 is 0. The minimum atomic E-state index is -0.516. The van der Waals surface area contributed by atoms with Crippen molar-refractivity contribution in [2.24, 2.45) is 0 Å². The molecule has 0 aliphatic carbocycles. The number of ether oxygens (including phenoxy) is 1. The molecule has 0 spiro atoms. The van der Waals surface area contributed by atoms with E-state index in [0.29, 0.717) is 18.8 Å². The van der Waals surface area contributed by atoms with E-state index in [9.17, 15) is 4.79 Å². The van der Waals surface area contributed by atoms with E-state index in [0.717, 1.165) is 17.1 Å². The second-order valence-electron chi connectivity index (χ2n) is 4.50. The zero-order chi connectivity index (χ0) is 14.7. The monoisotopic (exact) mass is 274 g/mol. The minimum Gasteiger partial charge on any atom is -0.464 e. The Kier molecular flexibility index (Phi) is 4.02. The zero-order valence-corrected chi connectivity index (χ0v) is 11.9. The highest BCUT2D eigenvalue weighted by Crippen LogP contribution is 2.18. The molecule has 20 heavy (non-hydrogen) atoms. The van der Waals surface area contributed by atoms with Gasteiger partial charge < -0.3 is 15.0 Å². The Bertz CT molecular complexity index is 617. The average molecular weight is 274 g/mol. The Hall–Kier alpha value is -2.37. The number of hydrogen-bond donors (Lipinski definition) is 1. The average Bonchev–Trinajstić information content (AvgIpc) is 2.77. The molecule has 0 amide bonds. The smallest absolute Gasteiger partial charge is 0.360 e. The third kappa shape index (κ3) is 2.64. The first-order valence-corrected chi connectivity index (χ1v) is 6.41. The number of carbonyl (C=O) groups is 1. The first kappa shape index (κ1) is 14.0. The van der Waals surface area contributed by atoms with Crippen LogP contribution in [-0.4, -0.2) is 27.6 Å². The predicted molar refractivity (Wildman–Crippen MR) is 75.4 cm³/mol. The number of aromatic nitrogens is 3. The Labute approximate surface area is 117 Å². The summed E-state index contributed by atoms with van der Waals surface area (Å²) in [6.45, 7) is 4.43. The SMILES string of the molecule is CCc1nc(C(=O)OC)c(N)n1Cc1ccc(C)nc1. The van der Waals surface area contributed by atoms with Gasteiger partial charge >= 0.3 is 5.97 Å². The number of anilines is 1. The number of rotatable bonds is 4. The summed E-state index contributed by atoms with van der Waals surface area (Å²) in [5, 5.41) is 0. The number of nitrogens with two attached hydrogens (primary N) is 1. The molecule has 0 radical (unpaired) electrons. The maximum absolute atomic E-state index is 11.6. The highest BCUT2D eigenvalue weighted by atomic mass is 16.5. The fourth-order valence-electron chi connectivity index (χ4n) is 1.98. The Morgan fingerprint density at radius 1 is 1.45 bits per heavy atom. The van der Waals surface area contributed by atoms with Crippen LogP contribution in [0, 0.1) is 6.92 Å². The van der Waals surface area contributed by atoms with E-state index < -0.39 is 5.97 Å². The molecule has 2 aromatic heterocycles. The molecule has 0 saturated carbocycles. The van der Waals surface area contributed by atoms with Crippen molar-refractivity contribution in [3.63, 3.8) is 0 Å². The van der Waals surface area contributed by atoms with Gasteiger partial charge in [-0.3, -0.25) is 4.98 Å². The Balaban J connectivity index is 2.37. The molecular formula is C14H18N4O2. The molecule has 0 fully saturated rings. The molecule has 106 valence electrons. The van der Waals surface area contributed by atoms with Gasteiger partial charge in [0.05, 0.1) is 13.7 Å². The summed E-state index contributed by atoms with van der Waals surface area (Å²) in [6.07, 6.45) is 2.48. The fraction of sp³-hybridized carbons (Fsp3) is 0.357. The highest BCUT2D eigenvalue weighted by molar-refractivity contribution is 5.92. The van der Waals surface area contributed by atoms with Gasteiger partial charge in [0.25, 0.3) is 0 Å². The van der Waals surface area contributed by atoms with Crippen molar-refractivity contribution in [2.45, 2.75) is 26.8 Å². The quantitative estimate of drug-likeness (QED) is 0.855.